The van der Waals surface area contributed by atoms with E-state index in [0.717, 1.165) is 0 Å². The molecule has 0 spiro atoms. The quantitative estimate of drug-likeness (QED) is 0.466. The number of ether oxygens (including phenoxy) is 1. The molecule has 154 valence electrons. The van der Waals surface area contributed by atoms with Gasteiger partial charge in [-0.3, -0.25) is 4.72 Å². The van der Waals surface area contributed by atoms with Crippen molar-refractivity contribution in [3.63, 3.8) is 0 Å². The van der Waals surface area contributed by atoms with Crippen LogP contribution in [0, 0.1) is 0 Å². The van der Waals surface area contributed by atoms with E-state index in [1.807, 2.05) is 0 Å². The Bertz CT molecular complexity index is 1060. The molecule has 1 heterocycles. The minimum absolute atomic E-state index is 0. The molecule has 0 fully saturated rings. The summed E-state index contributed by atoms with van der Waals surface area (Å²) in [4.78, 5) is 8.16. The van der Waals surface area contributed by atoms with E-state index in [9.17, 15) is 8.42 Å². The molecule has 0 radical (unpaired) electrons. The minimum Gasteiger partial charge on any atom is -0.475 e. The van der Waals surface area contributed by atoms with Crippen molar-refractivity contribution in [2.75, 3.05) is 23.7 Å². The molecule has 0 aliphatic rings. The summed E-state index contributed by atoms with van der Waals surface area (Å²) in [6.45, 7) is -0.237. The number of sulfonamides is 1. The number of hydrogen-bond acceptors (Lipinski definition) is 7. The van der Waals surface area contributed by atoms with Crippen molar-refractivity contribution >= 4 is 45.5 Å². The van der Waals surface area contributed by atoms with E-state index >= 15 is 0 Å². The summed E-state index contributed by atoms with van der Waals surface area (Å²) >= 11 is 5.83. The van der Waals surface area contributed by atoms with Gasteiger partial charge in [0.05, 0.1) is 17.1 Å². The molecule has 4 N–H and O–H groups in total. The highest BCUT2D eigenvalue weighted by Crippen LogP contribution is 2.35. The molecule has 3 rings (SSSR count). The summed E-state index contributed by atoms with van der Waals surface area (Å²) in [5.74, 6) is 0.158. The predicted molar refractivity (Wildman–Crippen MR) is 114 cm³/mol. The second-order valence-electron chi connectivity index (χ2n) is 5.66. The topological polar surface area (TPSA) is 127 Å². The van der Waals surface area contributed by atoms with E-state index < -0.39 is 10.0 Å². The van der Waals surface area contributed by atoms with Crippen molar-refractivity contribution in [3.05, 3.63) is 59.9 Å². The summed E-state index contributed by atoms with van der Waals surface area (Å²) < 4.78 is 33.4. The van der Waals surface area contributed by atoms with Gasteiger partial charge in [0.15, 0.2) is 5.82 Å². The van der Waals surface area contributed by atoms with E-state index in [-0.39, 0.29) is 42.2 Å². The number of nitrogen functional groups attached to an aromatic ring is 1. The zero-order valence-electron chi connectivity index (χ0n) is 14.9. The number of rotatable bonds is 7. The van der Waals surface area contributed by atoms with Crippen LogP contribution in [0.2, 0.25) is 5.02 Å². The van der Waals surface area contributed by atoms with Crippen LogP contribution in [-0.4, -0.2) is 36.7 Å². The number of nitrogens with two attached hydrogens (primary N) is 1. The van der Waals surface area contributed by atoms with Gasteiger partial charge in [-0.2, -0.15) is 0 Å². The van der Waals surface area contributed by atoms with Crippen molar-refractivity contribution in [1.29, 1.82) is 0 Å². The molecule has 3 aromatic rings. The number of benzene rings is 2. The van der Waals surface area contributed by atoms with Crippen LogP contribution >= 0.6 is 24.0 Å². The van der Waals surface area contributed by atoms with Gasteiger partial charge in [-0.05, 0) is 42.0 Å². The van der Waals surface area contributed by atoms with Gasteiger partial charge in [-0.15, -0.1) is 12.4 Å². The van der Waals surface area contributed by atoms with E-state index in [4.69, 9.17) is 27.2 Å². The Morgan fingerprint density at radius 1 is 1.07 bits per heavy atom. The van der Waals surface area contributed by atoms with Gasteiger partial charge in [0.2, 0.25) is 5.88 Å². The Morgan fingerprint density at radius 2 is 1.72 bits per heavy atom. The third-order valence-corrected chi connectivity index (χ3v) is 5.30. The Hall–Kier alpha value is -2.59. The van der Waals surface area contributed by atoms with Crippen molar-refractivity contribution < 1.29 is 18.3 Å². The van der Waals surface area contributed by atoms with Gasteiger partial charge in [0.1, 0.15) is 12.9 Å². The van der Waals surface area contributed by atoms with Crippen LogP contribution in [0.1, 0.15) is 0 Å². The first-order chi connectivity index (χ1) is 13.4. The van der Waals surface area contributed by atoms with Crippen LogP contribution < -0.4 is 15.2 Å². The molecule has 1 aromatic heterocycles. The smallest absolute Gasteiger partial charge is 0.263 e. The molecule has 0 aliphatic carbocycles. The number of aliphatic hydroxyl groups excluding tert-OH is 1. The summed E-state index contributed by atoms with van der Waals surface area (Å²) in [7, 11) is -3.93. The first kappa shape index (κ1) is 22.7. The molecular formula is C18H18Cl2N4O4S. The molecule has 0 bridgehead atoms. The highest BCUT2D eigenvalue weighted by atomic mass is 35.5. The molecule has 0 unspecified atom stereocenters. The number of nitrogens with zero attached hydrogens (tertiary/aromatic N) is 2. The van der Waals surface area contributed by atoms with Crippen molar-refractivity contribution in [1.82, 2.24) is 9.97 Å². The van der Waals surface area contributed by atoms with Gasteiger partial charge < -0.3 is 15.6 Å². The fourth-order valence-corrected chi connectivity index (χ4v) is 3.56. The second kappa shape index (κ2) is 9.75. The minimum atomic E-state index is -3.93. The number of anilines is 2. The first-order valence-corrected chi connectivity index (χ1v) is 10.00. The van der Waals surface area contributed by atoms with E-state index in [1.54, 1.807) is 24.3 Å². The maximum Gasteiger partial charge on any atom is 0.263 e. The van der Waals surface area contributed by atoms with E-state index in [0.29, 0.717) is 21.8 Å². The van der Waals surface area contributed by atoms with Crippen molar-refractivity contribution in [3.8, 4) is 17.0 Å². The largest absolute Gasteiger partial charge is 0.475 e. The van der Waals surface area contributed by atoms with Gasteiger partial charge in [-0.1, -0.05) is 23.7 Å². The number of hydrogen-bond donors (Lipinski definition) is 3. The average molecular weight is 457 g/mol. The zero-order chi connectivity index (χ0) is 20.1. The van der Waals surface area contributed by atoms with Crippen LogP contribution in [0.5, 0.6) is 5.88 Å². The molecular weight excluding hydrogens is 439 g/mol. The molecule has 8 nitrogen and oxygen atoms in total. The molecule has 0 saturated carbocycles. The van der Waals surface area contributed by atoms with Crippen LogP contribution in [0.25, 0.3) is 11.1 Å². The lowest BCUT2D eigenvalue weighted by atomic mass is 10.1. The van der Waals surface area contributed by atoms with Crippen LogP contribution in [0.15, 0.2) is 59.8 Å². The van der Waals surface area contributed by atoms with E-state index in [1.165, 1.54) is 30.6 Å². The molecule has 29 heavy (non-hydrogen) atoms. The number of nitrogens with one attached hydrogen (secondary N) is 1. The lowest BCUT2D eigenvalue weighted by molar-refractivity contribution is 0.197. The summed E-state index contributed by atoms with van der Waals surface area (Å²) in [5.41, 5.74) is 7.20. The zero-order valence-corrected chi connectivity index (χ0v) is 17.3. The summed E-state index contributed by atoms with van der Waals surface area (Å²) in [6.07, 6.45) is 1.17. The second-order valence-corrected chi connectivity index (χ2v) is 7.77. The van der Waals surface area contributed by atoms with Gasteiger partial charge in [0.25, 0.3) is 10.0 Å². The van der Waals surface area contributed by atoms with Crippen molar-refractivity contribution in [2.24, 2.45) is 0 Å². The highest BCUT2D eigenvalue weighted by molar-refractivity contribution is 7.92. The standard InChI is InChI=1S/C18H17ClN4O4S.ClH/c19-13-3-7-15(8-4-13)28(25,26)23-17-16(12-1-5-14(20)6-2-12)18(22-11-21-17)27-10-9-24;/h1-8,11,24H,9-10,20H2,(H,21,22,23);1H. The number of aromatic nitrogens is 2. The Balaban J connectivity index is 0.00000300. The van der Waals surface area contributed by atoms with Gasteiger partial charge in [0, 0.05) is 10.7 Å². The molecule has 11 heteroatoms. The Labute approximate surface area is 179 Å². The van der Waals surface area contributed by atoms with Crippen molar-refractivity contribution in [2.45, 2.75) is 4.90 Å². The maximum absolute atomic E-state index is 12.8. The van der Waals surface area contributed by atoms with Crippen LogP contribution in [0.4, 0.5) is 11.5 Å². The SMILES string of the molecule is Cl.Nc1ccc(-c2c(NS(=O)(=O)c3ccc(Cl)cc3)ncnc2OCCO)cc1. The summed E-state index contributed by atoms with van der Waals surface area (Å²) in [6, 6.07) is 12.4. The average Bonchev–Trinajstić information content (AvgIpc) is 2.67. The maximum atomic E-state index is 12.8. The van der Waals surface area contributed by atoms with Gasteiger partial charge in [-0.25, -0.2) is 18.4 Å². The third-order valence-electron chi connectivity index (χ3n) is 3.70. The molecule has 0 atom stereocenters. The van der Waals surface area contributed by atoms with E-state index in [2.05, 4.69) is 14.7 Å². The first-order valence-electron chi connectivity index (χ1n) is 8.13. The monoisotopic (exact) mass is 456 g/mol. The molecule has 0 amide bonds. The number of halogens is 2. The molecule has 0 aliphatic heterocycles. The lowest BCUT2D eigenvalue weighted by Gasteiger charge is -2.15. The molecule has 0 saturated heterocycles. The summed E-state index contributed by atoms with van der Waals surface area (Å²) in [5, 5.41) is 9.46. The predicted octanol–water partition coefficient (Wildman–Crippen LogP) is 2.97. The molecule has 2 aromatic carbocycles. The van der Waals surface area contributed by atoms with Crippen LogP contribution in [0.3, 0.4) is 0 Å². The normalized spacial score (nSPS) is 10.8. The third kappa shape index (κ3) is 5.48. The van der Waals surface area contributed by atoms with Crippen LogP contribution in [-0.2, 0) is 10.0 Å². The number of aliphatic hydroxyl groups is 1. The lowest BCUT2D eigenvalue weighted by Crippen LogP contribution is -2.16. The van der Waals surface area contributed by atoms with Gasteiger partial charge >= 0.3 is 0 Å². The highest BCUT2D eigenvalue weighted by Gasteiger charge is 2.21. The Morgan fingerprint density at radius 3 is 2.34 bits per heavy atom. The fraction of sp³-hybridized carbons (Fsp3) is 0.111. The fourth-order valence-electron chi connectivity index (χ4n) is 2.41. The Kier molecular flexibility index (Phi) is 7.63.